The summed E-state index contributed by atoms with van der Waals surface area (Å²) in [5.74, 6) is 2.10. The number of ketones is 1. The van der Waals surface area contributed by atoms with Crippen LogP contribution in [0.15, 0.2) is 60.8 Å². The summed E-state index contributed by atoms with van der Waals surface area (Å²) < 4.78 is 11.3. The van der Waals surface area contributed by atoms with Crippen LogP contribution in [0.25, 0.3) is 0 Å². The maximum atomic E-state index is 12.2. The van der Waals surface area contributed by atoms with Crippen molar-refractivity contribution in [3.05, 3.63) is 66.4 Å². The zero-order chi connectivity index (χ0) is 19.5. The van der Waals surface area contributed by atoms with Crippen LogP contribution in [-0.2, 0) is 0 Å². The standard InChI is InChI=1S/C23H29NO3/c1-4-16-26-21-12-8-20(9-13-21)24-15-14-23(25)19-6-10-22(11-7-19)27-17-18(3)5-2/h6-15,18,24H,4-5,16-17H2,1-3H3/b15-14+/t18-/m0/s1. The number of nitrogens with one attached hydrogen (secondary N) is 1. The molecule has 4 nitrogen and oxygen atoms in total. The third kappa shape index (κ3) is 7.18. The zero-order valence-electron chi connectivity index (χ0n) is 16.4. The lowest BCUT2D eigenvalue weighted by molar-refractivity contribution is 0.104. The Hall–Kier alpha value is -2.75. The summed E-state index contributed by atoms with van der Waals surface area (Å²) in [7, 11) is 0. The fourth-order valence-electron chi connectivity index (χ4n) is 2.25. The van der Waals surface area contributed by atoms with E-state index in [0.29, 0.717) is 24.7 Å². The number of carbonyl (C=O) groups is 1. The molecule has 0 aromatic heterocycles. The fourth-order valence-corrected chi connectivity index (χ4v) is 2.25. The van der Waals surface area contributed by atoms with Crippen molar-refractivity contribution in [2.75, 3.05) is 18.5 Å². The van der Waals surface area contributed by atoms with E-state index >= 15 is 0 Å². The quantitative estimate of drug-likeness (QED) is 0.408. The molecule has 0 radical (unpaired) electrons. The van der Waals surface area contributed by atoms with Crippen LogP contribution in [0.1, 0.15) is 44.0 Å². The van der Waals surface area contributed by atoms with Gasteiger partial charge in [-0.1, -0.05) is 27.2 Å². The van der Waals surface area contributed by atoms with Gasteiger partial charge in [0.2, 0.25) is 0 Å². The highest BCUT2D eigenvalue weighted by Crippen LogP contribution is 2.17. The van der Waals surface area contributed by atoms with Crippen LogP contribution in [0.4, 0.5) is 5.69 Å². The maximum Gasteiger partial charge on any atom is 0.187 e. The van der Waals surface area contributed by atoms with E-state index < -0.39 is 0 Å². The largest absolute Gasteiger partial charge is 0.494 e. The van der Waals surface area contributed by atoms with Gasteiger partial charge in [-0.3, -0.25) is 4.79 Å². The van der Waals surface area contributed by atoms with Gasteiger partial charge in [0.05, 0.1) is 13.2 Å². The molecule has 2 aromatic rings. The topological polar surface area (TPSA) is 47.6 Å². The van der Waals surface area contributed by atoms with Gasteiger partial charge >= 0.3 is 0 Å². The van der Waals surface area contributed by atoms with Gasteiger partial charge in [0.25, 0.3) is 0 Å². The lowest BCUT2D eigenvalue weighted by Crippen LogP contribution is -2.07. The van der Waals surface area contributed by atoms with Crippen molar-refractivity contribution in [2.45, 2.75) is 33.6 Å². The van der Waals surface area contributed by atoms with E-state index in [-0.39, 0.29) is 5.78 Å². The van der Waals surface area contributed by atoms with E-state index in [1.54, 1.807) is 18.3 Å². The van der Waals surface area contributed by atoms with Gasteiger partial charge in [0, 0.05) is 23.5 Å². The highest BCUT2D eigenvalue weighted by atomic mass is 16.5. The number of allylic oxidation sites excluding steroid dienone is 1. The van der Waals surface area contributed by atoms with Gasteiger partial charge in [0.1, 0.15) is 11.5 Å². The Morgan fingerprint density at radius 1 is 1.00 bits per heavy atom. The monoisotopic (exact) mass is 367 g/mol. The highest BCUT2D eigenvalue weighted by Gasteiger charge is 2.04. The minimum atomic E-state index is -0.0566. The van der Waals surface area contributed by atoms with E-state index in [1.165, 1.54) is 6.08 Å². The molecule has 0 aliphatic rings. The van der Waals surface area contributed by atoms with Gasteiger partial charge in [-0.15, -0.1) is 0 Å². The number of hydrogen-bond acceptors (Lipinski definition) is 4. The first kappa shape index (κ1) is 20.6. The van der Waals surface area contributed by atoms with Crippen LogP contribution in [-0.4, -0.2) is 19.0 Å². The molecule has 0 amide bonds. The number of rotatable bonds is 11. The van der Waals surface area contributed by atoms with Crippen LogP contribution in [0.2, 0.25) is 0 Å². The molecule has 0 spiro atoms. The van der Waals surface area contributed by atoms with Crippen LogP contribution in [0, 0.1) is 5.92 Å². The molecule has 1 N–H and O–H groups in total. The normalized spacial score (nSPS) is 12.0. The first-order valence-electron chi connectivity index (χ1n) is 9.55. The van der Waals surface area contributed by atoms with Crippen molar-refractivity contribution >= 4 is 11.5 Å². The first-order chi connectivity index (χ1) is 13.1. The Morgan fingerprint density at radius 2 is 1.63 bits per heavy atom. The van der Waals surface area contributed by atoms with Crippen molar-refractivity contribution in [3.8, 4) is 11.5 Å². The van der Waals surface area contributed by atoms with Crippen LogP contribution in [0.3, 0.4) is 0 Å². The zero-order valence-corrected chi connectivity index (χ0v) is 16.4. The molecule has 27 heavy (non-hydrogen) atoms. The summed E-state index contributed by atoms with van der Waals surface area (Å²) >= 11 is 0. The van der Waals surface area contributed by atoms with Gasteiger partial charge in [-0.2, -0.15) is 0 Å². The van der Waals surface area contributed by atoms with E-state index in [1.807, 2.05) is 36.4 Å². The number of benzene rings is 2. The molecule has 0 unspecified atom stereocenters. The fraction of sp³-hybridized carbons (Fsp3) is 0.348. The van der Waals surface area contributed by atoms with Crippen molar-refractivity contribution in [2.24, 2.45) is 5.92 Å². The number of anilines is 1. The molecule has 2 rings (SSSR count). The Kier molecular flexibility index (Phi) is 8.43. The van der Waals surface area contributed by atoms with Crippen molar-refractivity contribution < 1.29 is 14.3 Å². The molecular formula is C23H29NO3. The van der Waals surface area contributed by atoms with Crippen molar-refractivity contribution in [3.63, 3.8) is 0 Å². The molecule has 0 saturated carbocycles. The molecule has 144 valence electrons. The average Bonchev–Trinajstić information content (AvgIpc) is 2.71. The molecule has 4 heteroatoms. The number of carbonyl (C=O) groups excluding carboxylic acids is 1. The highest BCUT2D eigenvalue weighted by molar-refractivity contribution is 6.04. The predicted octanol–water partition coefficient (Wildman–Crippen LogP) is 5.71. The third-order valence-electron chi connectivity index (χ3n) is 4.18. The summed E-state index contributed by atoms with van der Waals surface area (Å²) in [6.45, 7) is 7.77. The van der Waals surface area contributed by atoms with Crippen LogP contribution in [0.5, 0.6) is 11.5 Å². The van der Waals surface area contributed by atoms with Gasteiger partial charge in [-0.05, 0) is 60.9 Å². The molecule has 0 heterocycles. The lowest BCUT2D eigenvalue weighted by Gasteiger charge is -2.10. The van der Waals surface area contributed by atoms with Gasteiger partial charge in [0.15, 0.2) is 5.78 Å². The summed E-state index contributed by atoms with van der Waals surface area (Å²) in [4.78, 5) is 12.2. The molecular weight excluding hydrogens is 338 g/mol. The van der Waals surface area contributed by atoms with E-state index in [4.69, 9.17) is 9.47 Å². The van der Waals surface area contributed by atoms with Crippen molar-refractivity contribution in [1.82, 2.24) is 0 Å². The van der Waals surface area contributed by atoms with E-state index in [0.717, 1.165) is 30.0 Å². The van der Waals surface area contributed by atoms with Crippen molar-refractivity contribution in [1.29, 1.82) is 0 Å². The first-order valence-corrected chi connectivity index (χ1v) is 9.55. The van der Waals surface area contributed by atoms with Gasteiger partial charge in [-0.25, -0.2) is 0 Å². The van der Waals surface area contributed by atoms with Gasteiger partial charge < -0.3 is 14.8 Å². The molecule has 0 aliphatic heterocycles. The number of ether oxygens (including phenoxy) is 2. The molecule has 1 atom stereocenters. The predicted molar refractivity (Wildman–Crippen MR) is 111 cm³/mol. The van der Waals surface area contributed by atoms with E-state index in [2.05, 4.69) is 26.1 Å². The Balaban J connectivity index is 1.83. The third-order valence-corrected chi connectivity index (χ3v) is 4.18. The molecule has 0 fully saturated rings. The molecule has 0 aliphatic carbocycles. The second-order valence-corrected chi connectivity index (χ2v) is 6.56. The number of hydrogen-bond donors (Lipinski definition) is 1. The SMILES string of the molecule is CCCOc1ccc(N/C=C/C(=O)c2ccc(OC[C@@H](C)CC)cc2)cc1. The molecule has 0 bridgehead atoms. The summed E-state index contributed by atoms with van der Waals surface area (Å²) in [5.41, 5.74) is 1.53. The summed E-state index contributed by atoms with van der Waals surface area (Å²) in [5, 5.41) is 3.10. The Bertz CT molecular complexity index is 720. The second-order valence-electron chi connectivity index (χ2n) is 6.56. The summed E-state index contributed by atoms with van der Waals surface area (Å²) in [6, 6.07) is 14.9. The molecule has 2 aromatic carbocycles. The lowest BCUT2D eigenvalue weighted by atomic mass is 10.1. The average molecular weight is 367 g/mol. The second kappa shape index (κ2) is 11.1. The molecule has 0 saturated heterocycles. The van der Waals surface area contributed by atoms with E-state index in [9.17, 15) is 4.79 Å². The maximum absolute atomic E-state index is 12.2. The van der Waals surface area contributed by atoms with Crippen LogP contribution >= 0.6 is 0 Å². The summed E-state index contributed by atoms with van der Waals surface area (Å²) in [6.07, 6.45) is 5.24. The Labute approximate surface area is 162 Å². The minimum Gasteiger partial charge on any atom is -0.494 e. The smallest absolute Gasteiger partial charge is 0.187 e. The minimum absolute atomic E-state index is 0.0566. The Morgan fingerprint density at radius 3 is 2.26 bits per heavy atom. The van der Waals surface area contributed by atoms with Crippen LogP contribution < -0.4 is 14.8 Å².